The van der Waals surface area contributed by atoms with Crippen LogP contribution < -0.4 is 0 Å². The van der Waals surface area contributed by atoms with E-state index in [0.29, 0.717) is 11.8 Å². The molecule has 84 valence electrons. The molecule has 1 aromatic rings. The fraction of sp³-hybridized carbons (Fsp3) is 0.455. The van der Waals surface area contributed by atoms with Gasteiger partial charge in [-0.15, -0.1) is 23.2 Å². The molecule has 0 saturated heterocycles. The third-order valence-corrected chi connectivity index (χ3v) is 2.93. The van der Waals surface area contributed by atoms with Gasteiger partial charge in [-0.3, -0.25) is 4.90 Å². The second-order valence-electron chi connectivity index (χ2n) is 3.28. The Morgan fingerprint density at radius 2 is 1.80 bits per heavy atom. The van der Waals surface area contributed by atoms with E-state index < -0.39 is 0 Å². The minimum atomic E-state index is 0.644. The summed E-state index contributed by atoms with van der Waals surface area (Å²) in [7, 11) is 0. The SMILES string of the molecule is ClCCN(CCCl)Cc1cccc(Br)c1. The molecule has 1 rings (SSSR count). The lowest BCUT2D eigenvalue weighted by molar-refractivity contribution is 0.299. The second-order valence-corrected chi connectivity index (χ2v) is 4.96. The normalized spacial score (nSPS) is 10.9. The van der Waals surface area contributed by atoms with Gasteiger partial charge in [-0.25, -0.2) is 0 Å². The van der Waals surface area contributed by atoms with Crippen molar-refractivity contribution in [2.24, 2.45) is 0 Å². The number of benzene rings is 1. The molecule has 0 aliphatic heterocycles. The molecule has 1 aromatic carbocycles. The van der Waals surface area contributed by atoms with Crippen LogP contribution in [-0.2, 0) is 6.54 Å². The molecule has 15 heavy (non-hydrogen) atoms. The number of alkyl halides is 2. The van der Waals surface area contributed by atoms with E-state index in [-0.39, 0.29) is 0 Å². The maximum Gasteiger partial charge on any atom is 0.0351 e. The van der Waals surface area contributed by atoms with Crippen LogP contribution in [0.2, 0.25) is 0 Å². The van der Waals surface area contributed by atoms with Gasteiger partial charge in [0.25, 0.3) is 0 Å². The molecule has 0 atom stereocenters. The summed E-state index contributed by atoms with van der Waals surface area (Å²) in [6.07, 6.45) is 0. The van der Waals surface area contributed by atoms with E-state index in [4.69, 9.17) is 23.2 Å². The van der Waals surface area contributed by atoms with Crippen molar-refractivity contribution >= 4 is 39.1 Å². The number of hydrogen-bond acceptors (Lipinski definition) is 1. The van der Waals surface area contributed by atoms with E-state index in [1.54, 1.807) is 0 Å². The van der Waals surface area contributed by atoms with Crippen molar-refractivity contribution in [2.45, 2.75) is 6.54 Å². The first-order chi connectivity index (χ1) is 7.26. The zero-order valence-corrected chi connectivity index (χ0v) is 11.5. The molecule has 4 heteroatoms. The van der Waals surface area contributed by atoms with Crippen molar-refractivity contribution in [3.63, 3.8) is 0 Å². The molecule has 0 aliphatic carbocycles. The van der Waals surface area contributed by atoms with E-state index in [0.717, 1.165) is 24.1 Å². The Morgan fingerprint density at radius 3 is 2.33 bits per heavy atom. The number of hydrogen-bond donors (Lipinski definition) is 0. The van der Waals surface area contributed by atoms with Crippen molar-refractivity contribution in [1.29, 1.82) is 0 Å². The van der Waals surface area contributed by atoms with E-state index in [2.05, 4.69) is 33.0 Å². The molecule has 0 fully saturated rings. The highest BCUT2D eigenvalue weighted by Gasteiger charge is 2.04. The molecule has 0 unspecified atom stereocenters. The lowest BCUT2D eigenvalue weighted by Gasteiger charge is -2.19. The summed E-state index contributed by atoms with van der Waals surface area (Å²) in [4.78, 5) is 2.25. The summed E-state index contributed by atoms with van der Waals surface area (Å²) in [5, 5.41) is 0. The third-order valence-electron chi connectivity index (χ3n) is 2.10. The molecule has 0 spiro atoms. The molecular weight excluding hydrogens is 297 g/mol. The average Bonchev–Trinajstić information content (AvgIpc) is 2.18. The highest BCUT2D eigenvalue weighted by molar-refractivity contribution is 9.10. The van der Waals surface area contributed by atoms with Gasteiger partial charge in [-0.05, 0) is 17.7 Å². The molecular formula is C11H14BrCl2N. The second kappa shape index (κ2) is 7.50. The van der Waals surface area contributed by atoms with Crippen LogP contribution in [0.25, 0.3) is 0 Å². The minimum absolute atomic E-state index is 0.644. The molecule has 0 saturated carbocycles. The van der Waals surface area contributed by atoms with Gasteiger partial charge in [0.05, 0.1) is 0 Å². The van der Waals surface area contributed by atoms with E-state index in [9.17, 15) is 0 Å². The largest absolute Gasteiger partial charge is 0.297 e. The Morgan fingerprint density at radius 1 is 1.13 bits per heavy atom. The standard InChI is InChI=1S/C11H14BrCl2N/c12-11-3-1-2-10(8-11)9-15(6-4-13)7-5-14/h1-3,8H,4-7,9H2. The van der Waals surface area contributed by atoms with Crippen LogP contribution in [0.15, 0.2) is 28.7 Å². The summed E-state index contributed by atoms with van der Waals surface area (Å²) >= 11 is 14.9. The van der Waals surface area contributed by atoms with Gasteiger partial charge < -0.3 is 0 Å². The van der Waals surface area contributed by atoms with E-state index in [1.807, 2.05) is 12.1 Å². The Balaban J connectivity index is 2.56. The van der Waals surface area contributed by atoms with Crippen LogP contribution >= 0.6 is 39.1 Å². The highest BCUT2D eigenvalue weighted by atomic mass is 79.9. The summed E-state index contributed by atoms with van der Waals surface area (Å²) < 4.78 is 1.11. The van der Waals surface area contributed by atoms with E-state index in [1.165, 1.54) is 5.56 Å². The Kier molecular flexibility index (Phi) is 6.66. The number of rotatable bonds is 6. The highest BCUT2D eigenvalue weighted by Crippen LogP contribution is 2.13. The third kappa shape index (κ3) is 5.21. The van der Waals surface area contributed by atoms with Crippen LogP contribution in [0.3, 0.4) is 0 Å². The average molecular weight is 311 g/mol. The first-order valence-corrected chi connectivity index (χ1v) is 6.71. The molecule has 0 aromatic heterocycles. The van der Waals surface area contributed by atoms with Crippen LogP contribution in [0.5, 0.6) is 0 Å². The Hall–Kier alpha value is 0.240. The smallest absolute Gasteiger partial charge is 0.0351 e. The van der Waals surface area contributed by atoms with Gasteiger partial charge in [-0.1, -0.05) is 28.1 Å². The Labute approximate surface area is 109 Å². The predicted molar refractivity (Wildman–Crippen MR) is 70.9 cm³/mol. The predicted octanol–water partition coefficient (Wildman–Crippen LogP) is 3.73. The summed E-state index contributed by atoms with van der Waals surface area (Å²) in [6.45, 7) is 2.65. The van der Waals surface area contributed by atoms with Crippen molar-refractivity contribution in [3.05, 3.63) is 34.3 Å². The molecule has 0 heterocycles. The number of nitrogens with zero attached hydrogens (tertiary/aromatic N) is 1. The van der Waals surface area contributed by atoms with Crippen LogP contribution in [0.1, 0.15) is 5.56 Å². The number of halogens is 3. The maximum absolute atomic E-state index is 5.74. The molecule has 1 nitrogen and oxygen atoms in total. The fourth-order valence-electron chi connectivity index (χ4n) is 1.40. The van der Waals surface area contributed by atoms with E-state index >= 15 is 0 Å². The molecule has 0 amide bonds. The zero-order chi connectivity index (χ0) is 11.1. The Bertz CT molecular complexity index is 288. The van der Waals surface area contributed by atoms with Gasteiger partial charge in [0.2, 0.25) is 0 Å². The lowest BCUT2D eigenvalue weighted by atomic mass is 10.2. The first kappa shape index (κ1) is 13.3. The quantitative estimate of drug-likeness (QED) is 0.724. The van der Waals surface area contributed by atoms with Crippen molar-refractivity contribution in [1.82, 2.24) is 4.90 Å². The summed E-state index contributed by atoms with van der Waals surface area (Å²) in [6, 6.07) is 8.30. The van der Waals surface area contributed by atoms with Crippen molar-refractivity contribution < 1.29 is 0 Å². The van der Waals surface area contributed by atoms with Crippen LogP contribution in [0, 0.1) is 0 Å². The van der Waals surface area contributed by atoms with Crippen LogP contribution in [-0.4, -0.2) is 29.7 Å². The monoisotopic (exact) mass is 309 g/mol. The van der Waals surface area contributed by atoms with Crippen molar-refractivity contribution in [2.75, 3.05) is 24.8 Å². The first-order valence-electron chi connectivity index (χ1n) is 4.85. The molecule has 0 radical (unpaired) electrons. The minimum Gasteiger partial charge on any atom is -0.297 e. The zero-order valence-electron chi connectivity index (χ0n) is 8.43. The molecule has 0 bridgehead atoms. The van der Waals surface area contributed by atoms with Gasteiger partial charge in [-0.2, -0.15) is 0 Å². The van der Waals surface area contributed by atoms with Gasteiger partial charge >= 0.3 is 0 Å². The molecule has 0 aliphatic rings. The van der Waals surface area contributed by atoms with Crippen LogP contribution in [0.4, 0.5) is 0 Å². The van der Waals surface area contributed by atoms with Gasteiger partial charge in [0, 0.05) is 35.9 Å². The lowest BCUT2D eigenvalue weighted by Crippen LogP contribution is -2.27. The summed E-state index contributed by atoms with van der Waals surface area (Å²) in [5.74, 6) is 1.29. The molecule has 0 N–H and O–H groups in total. The topological polar surface area (TPSA) is 3.24 Å². The van der Waals surface area contributed by atoms with Gasteiger partial charge in [0.15, 0.2) is 0 Å². The van der Waals surface area contributed by atoms with Crippen molar-refractivity contribution in [3.8, 4) is 0 Å². The maximum atomic E-state index is 5.74. The fourth-order valence-corrected chi connectivity index (χ4v) is 2.33. The summed E-state index contributed by atoms with van der Waals surface area (Å²) in [5.41, 5.74) is 1.28. The van der Waals surface area contributed by atoms with Gasteiger partial charge in [0.1, 0.15) is 0 Å².